The number of rotatable bonds is 4. The maximum atomic E-state index is 10.8. The van der Waals surface area contributed by atoms with Crippen molar-refractivity contribution in [3.05, 3.63) is 0 Å². The van der Waals surface area contributed by atoms with Gasteiger partial charge in [0.05, 0.1) is 17.2 Å². The molecule has 0 saturated carbocycles. The van der Waals surface area contributed by atoms with Gasteiger partial charge in [-0.2, -0.15) is 5.26 Å². The first-order valence-corrected chi connectivity index (χ1v) is 5.98. The van der Waals surface area contributed by atoms with Crippen LogP contribution in [0.2, 0.25) is 0 Å². The lowest BCUT2D eigenvalue weighted by atomic mass is 9.87. The molecule has 0 aliphatic carbocycles. The van der Waals surface area contributed by atoms with Crippen molar-refractivity contribution in [2.75, 3.05) is 12.0 Å². The number of hydrogen-bond donors (Lipinski definition) is 0. The summed E-state index contributed by atoms with van der Waals surface area (Å²) in [6.07, 6.45) is 2.32. The number of nitriles is 1. The molecule has 0 N–H and O–H groups in total. The monoisotopic (exact) mass is 189 g/mol. The van der Waals surface area contributed by atoms with Gasteiger partial charge in [0.2, 0.25) is 0 Å². The summed E-state index contributed by atoms with van der Waals surface area (Å²) in [4.78, 5) is 0. The van der Waals surface area contributed by atoms with Crippen LogP contribution in [-0.2, 0) is 9.84 Å². The van der Waals surface area contributed by atoms with Gasteiger partial charge in [0.1, 0.15) is 9.84 Å². The highest BCUT2D eigenvalue weighted by atomic mass is 32.2. The standard InChI is InChI=1S/C8H15NO2S/c1-4-8(2,7-9)5-6-12(3,10)11/h4-6H2,1-3H3. The summed E-state index contributed by atoms with van der Waals surface area (Å²) in [5, 5.41) is 8.74. The summed E-state index contributed by atoms with van der Waals surface area (Å²) >= 11 is 0. The Labute approximate surface area is 74.3 Å². The lowest BCUT2D eigenvalue weighted by Crippen LogP contribution is -2.17. The Hall–Kier alpha value is -0.560. The lowest BCUT2D eigenvalue weighted by Gasteiger charge is -2.17. The van der Waals surface area contributed by atoms with Crippen molar-refractivity contribution in [3.8, 4) is 6.07 Å². The molecule has 0 aromatic heterocycles. The quantitative estimate of drug-likeness (QED) is 0.671. The number of nitrogens with zero attached hydrogens (tertiary/aromatic N) is 1. The molecule has 12 heavy (non-hydrogen) atoms. The van der Waals surface area contributed by atoms with E-state index in [9.17, 15) is 8.42 Å². The Balaban J connectivity index is 4.19. The summed E-state index contributed by atoms with van der Waals surface area (Å²) in [7, 11) is -2.93. The van der Waals surface area contributed by atoms with Crippen molar-refractivity contribution >= 4 is 9.84 Å². The van der Waals surface area contributed by atoms with E-state index in [1.54, 1.807) is 6.92 Å². The van der Waals surface area contributed by atoms with Crippen LogP contribution in [0, 0.1) is 16.7 Å². The second kappa shape index (κ2) is 3.90. The lowest BCUT2D eigenvalue weighted by molar-refractivity contribution is 0.409. The fourth-order valence-corrected chi connectivity index (χ4v) is 1.54. The molecular weight excluding hydrogens is 174 g/mol. The molecule has 0 heterocycles. The number of sulfone groups is 1. The zero-order valence-electron chi connectivity index (χ0n) is 7.79. The molecular formula is C8H15NO2S. The van der Waals surface area contributed by atoms with Gasteiger partial charge in [0.25, 0.3) is 0 Å². The van der Waals surface area contributed by atoms with Gasteiger partial charge in [-0.1, -0.05) is 6.92 Å². The third-order valence-corrected chi connectivity index (χ3v) is 3.02. The van der Waals surface area contributed by atoms with E-state index >= 15 is 0 Å². The Morgan fingerprint density at radius 2 is 2.00 bits per heavy atom. The SMILES string of the molecule is CCC(C)(C#N)CCS(C)(=O)=O. The summed E-state index contributed by atoms with van der Waals surface area (Å²) < 4.78 is 21.6. The molecule has 0 aliphatic rings. The van der Waals surface area contributed by atoms with E-state index in [1.807, 2.05) is 6.92 Å². The van der Waals surface area contributed by atoms with Crippen LogP contribution in [0.3, 0.4) is 0 Å². The van der Waals surface area contributed by atoms with Gasteiger partial charge >= 0.3 is 0 Å². The summed E-state index contributed by atoms with van der Waals surface area (Å²) in [6, 6.07) is 2.14. The minimum absolute atomic E-state index is 0.102. The molecule has 0 aromatic carbocycles. The van der Waals surface area contributed by atoms with E-state index in [-0.39, 0.29) is 5.75 Å². The molecule has 3 nitrogen and oxygen atoms in total. The third kappa shape index (κ3) is 4.35. The predicted molar refractivity (Wildman–Crippen MR) is 48.3 cm³/mol. The molecule has 4 heteroatoms. The highest BCUT2D eigenvalue weighted by Crippen LogP contribution is 2.24. The van der Waals surface area contributed by atoms with Gasteiger partial charge in [-0.25, -0.2) is 8.42 Å². The molecule has 70 valence electrons. The van der Waals surface area contributed by atoms with Crippen molar-refractivity contribution in [1.82, 2.24) is 0 Å². The molecule has 0 radical (unpaired) electrons. The molecule has 0 aromatic rings. The van der Waals surface area contributed by atoms with Gasteiger partial charge in [-0.05, 0) is 19.8 Å². The van der Waals surface area contributed by atoms with Crippen LogP contribution in [0.15, 0.2) is 0 Å². The maximum Gasteiger partial charge on any atom is 0.147 e. The summed E-state index contributed by atoms with van der Waals surface area (Å²) in [5.74, 6) is 0.102. The van der Waals surface area contributed by atoms with Gasteiger partial charge in [0, 0.05) is 6.26 Å². The first-order chi connectivity index (χ1) is 5.33. The summed E-state index contributed by atoms with van der Waals surface area (Å²) in [6.45, 7) is 3.68. The molecule has 1 atom stereocenters. The predicted octanol–water partition coefficient (Wildman–Crippen LogP) is 1.36. The van der Waals surface area contributed by atoms with E-state index in [2.05, 4.69) is 6.07 Å². The highest BCUT2D eigenvalue weighted by Gasteiger charge is 2.22. The molecule has 0 amide bonds. The average Bonchev–Trinajstić information content (AvgIpc) is 1.99. The minimum Gasteiger partial charge on any atom is -0.229 e. The summed E-state index contributed by atoms with van der Waals surface area (Å²) in [5.41, 5.74) is -0.483. The zero-order valence-corrected chi connectivity index (χ0v) is 8.61. The molecule has 0 saturated heterocycles. The van der Waals surface area contributed by atoms with Gasteiger partial charge in [0.15, 0.2) is 0 Å². The molecule has 0 aliphatic heterocycles. The number of hydrogen-bond acceptors (Lipinski definition) is 3. The van der Waals surface area contributed by atoms with Crippen molar-refractivity contribution < 1.29 is 8.42 Å². The van der Waals surface area contributed by atoms with E-state index in [1.165, 1.54) is 6.26 Å². The Morgan fingerprint density at radius 3 is 2.25 bits per heavy atom. The average molecular weight is 189 g/mol. The Morgan fingerprint density at radius 1 is 1.50 bits per heavy atom. The maximum absolute atomic E-state index is 10.8. The molecule has 0 rings (SSSR count). The fraction of sp³-hybridized carbons (Fsp3) is 0.875. The van der Waals surface area contributed by atoms with Crippen LogP contribution in [0.4, 0.5) is 0 Å². The van der Waals surface area contributed by atoms with Crippen LogP contribution >= 0.6 is 0 Å². The topological polar surface area (TPSA) is 57.9 Å². The smallest absolute Gasteiger partial charge is 0.147 e. The second-order valence-corrected chi connectivity index (χ2v) is 5.67. The Bertz CT molecular complexity index is 276. The van der Waals surface area contributed by atoms with Crippen LogP contribution < -0.4 is 0 Å². The first kappa shape index (κ1) is 11.4. The second-order valence-electron chi connectivity index (χ2n) is 3.41. The third-order valence-electron chi connectivity index (χ3n) is 2.07. The van der Waals surface area contributed by atoms with E-state index in [4.69, 9.17) is 5.26 Å². The van der Waals surface area contributed by atoms with Gasteiger partial charge < -0.3 is 0 Å². The molecule has 0 fully saturated rings. The van der Waals surface area contributed by atoms with Crippen molar-refractivity contribution in [2.45, 2.75) is 26.7 Å². The minimum atomic E-state index is -2.93. The first-order valence-electron chi connectivity index (χ1n) is 3.92. The van der Waals surface area contributed by atoms with Crippen LogP contribution in [0.1, 0.15) is 26.7 Å². The highest BCUT2D eigenvalue weighted by molar-refractivity contribution is 7.90. The van der Waals surface area contributed by atoms with Crippen molar-refractivity contribution in [2.24, 2.45) is 5.41 Å². The van der Waals surface area contributed by atoms with Crippen LogP contribution in [-0.4, -0.2) is 20.4 Å². The molecule has 0 bridgehead atoms. The van der Waals surface area contributed by atoms with Crippen molar-refractivity contribution in [1.29, 1.82) is 5.26 Å². The van der Waals surface area contributed by atoms with E-state index < -0.39 is 15.3 Å². The zero-order chi connectivity index (χ0) is 9.83. The fourth-order valence-electron chi connectivity index (χ4n) is 0.722. The van der Waals surface area contributed by atoms with Crippen LogP contribution in [0.5, 0.6) is 0 Å². The normalized spacial score (nSPS) is 16.5. The largest absolute Gasteiger partial charge is 0.229 e. The van der Waals surface area contributed by atoms with Crippen LogP contribution in [0.25, 0.3) is 0 Å². The van der Waals surface area contributed by atoms with E-state index in [0.29, 0.717) is 12.8 Å². The van der Waals surface area contributed by atoms with Gasteiger partial charge in [-0.15, -0.1) is 0 Å². The van der Waals surface area contributed by atoms with Gasteiger partial charge in [-0.3, -0.25) is 0 Å². The van der Waals surface area contributed by atoms with Crippen molar-refractivity contribution in [3.63, 3.8) is 0 Å². The molecule has 1 unspecified atom stereocenters. The van der Waals surface area contributed by atoms with E-state index in [0.717, 1.165) is 0 Å². The Kier molecular flexibility index (Phi) is 3.72. The molecule has 0 spiro atoms.